The molecule has 0 atom stereocenters. The summed E-state index contributed by atoms with van der Waals surface area (Å²) in [6.45, 7) is 5.55. The van der Waals surface area contributed by atoms with E-state index in [0.29, 0.717) is 5.56 Å². The van der Waals surface area contributed by atoms with E-state index in [1.54, 1.807) is 12.1 Å². The van der Waals surface area contributed by atoms with Crippen LogP contribution in [0.25, 0.3) is 0 Å². The smallest absolute Gasteiger partial charge is 0.345 e. The summed E-state index contributed by atoms with van der Waals surface area (Å²) in [5.41, 5.74) is -0.646. The molecule has 0 saturated heterocycles. The molecule has 0 saturated carbocycles. The second-order valence-corrected chi connectivity index (χ2v) is 6.02. The van der Waals surface area contributed by atoms with E-state index in [9.17, 15) is 14.4 Å². The molecule has 7 heteroatoms. The Hall–Kier alpha value is -2.70. The third-order valence-corrected chi connectivity index (χ3v) is 3.11. The predicted octanol–water partition coefficient (Wildman–Crippen LogP) is 0.976. The zero-order valence-electron chi connectivity index (χ0n) is 12.6. The van der Waals surface area contributed by atoms with Gasteiger partial charge in [0.15, 0.2) is 0 Å². The van der Waals surface area contributed by atoms with Crippen molar-refractivity contribution in [3.05, 3.63) is 61.9 Å². The molecule has 0 aliphatic carbocycles. The number of carbonyl (C=O) groups is 1. The van der Waals surface area contributed by atoms with Crippen LogP contribution in [0, 0.1) is 0 Å². The number of aromatic amines is 1. The summed E-state index contributed by atoms with van der Waals surface area (Å²) in [5.74, 6) is -1.04. The number of carboxylic acids is 1. The summed E-state index contributed by atoms with van der Waals surface area (Å²) in [5, 5.41) is 13.1. The first-order valence-electron chi connectivity index (χ1n) is 6.72. The molecule has 2 aromatic rings. The molecule has 7 nitrogen and oxygen atoms in total. The maximum absolute atomic E-state index is 11.9. The molecule has 2 rings (SSSR count). The molecule has 0 unspecified atom stereocenters. The first-order chi connectivity index (χ1) is 10.2. The van der Waals surface area contributed by atoms with Crippen molar-refractivity contribution in [1.29, 1.82) is 0 Å². The van der Waals surface area contributed by atoms with Crippen LogP contribution in [-0.4, -0.2) is 25.8 Å². The van der Waals surface area contributed by atoms with Gasteiger partial charge in [0.2, 0.25) is 0 Å². The Labute approximate surface area is 126 Å². The number of nitrogens with zero attached hydrogens (tertiary/aromatic N) is 2. The van der Waals surface area contributed by atoms with E-state index in [2.05, 4.69) is 10.1 Å². The molecular formula is C15H17N3O4. The van der Waals surface area contributed by atoms with Gasteiger partial charge in [0, 0.05) is 5.41 Å². The third kappa shape index (κ3) is 3.30. The fraction of sp³-hybridized carbons (Fsp3) is 0.333. The molecule has 0 amide bonds. The minimum Gasteiger partial charge on any atom is -0.478 e. The van der Waals surface area contributed by atoms with Crippen molar-refractivity contribution >= 4 is 5.97 Å². The van der Waals surface area contributed by atoms with Gasteiger partial charge in [0.1, 0.15) is 5.69 Å². The average Bonchev–Trinajstić information content (AvgIpc) is 2.40. The number of benzene rings is 1. The standard InChI is InChI=1S/C15H17N3O4/c1-15(2,3)11-12(19)16-14(22)18(17-11)8-9-5-4-6-10(7-9)13(20)21/h4-7H,8H2,1-3H3,(H,20,21)(H,16,19,22). The number of aromatic carboxylic acids is 1. The minimum absolute atomic E-state index is 0.0831. The van der Waals surface area contributed by atoms with Crippen molar-refractivity contribution in [1.82, 2.24) is 14.8 Å². The van der Waals surface area contributed by atoms with E-state index in [1.807, 2.05) is 20.8 Å². The van der Waals surface area contributed by atoms with Crippen molar-refractivity contribution in [2.75, 3.05) is 0 Å². The van der Waals surface area contributed by atoms with Crippen molar-refractivity contribution in [3.63, 3.8) is 0 Å². The lowest BCUT2D eigenvalue weighted by atomic mass is 9.93. The molecule has 0 fully saturated rings. The van der Waals surface area contributed by atoms with Crippen molar-refractivity contribution < 1.29 is 9.90 Å². The van der Waals surface area contributed by atoms with Crippen LogP contribution < -0.4 is 11.2 Å². The highest BCUT2D eigenvalue weighted by Crippen LogP contribution is 2.15. The van der Waals surface area contributed by atoms with Gasteiger partial charge < -0.3 is 5.11 Å². The average molecular weight is 303 g/mol. The van der Waals surface area contributed by atoms with Gasteiger partial charge in [0.05, 0.1) is 12.1 Å². The summed E-state index contributed by atoms with van der Waals surface area (Å²) < 4.78 is 1.13. The Kier molecular flexibility index (Phi) is 3.99. The van der Waals surface area contributed by atoms with Crippen LogP contribution in [-0.2, 0) is 12.0 Å². The largest absolute Gasteiger partial charge is 0.478 e. The Balaban J connectivity index is 2.46. The van der Waals surface area contributed by atoms with Crippen LogP contribution in [0.3, 0.4) is 0 Å². The van der Waals surface area contributed by atoms with Crippen LogP contribution in [0.4, 0.5) is 0 Å². The quantitative estimate of drug-likeness (QED) is 0.879. The lowest BCUT2D eigenvalue weighted by molar-refractivity contribution is 0.0696. The summed E-state index contributed by atoms with van der Waals surface area (Å²) >= 11 is 0. The molecule has 0 aliphatic rings. The number of hydrogen-bond acceptors (Lipinski definition) is 4. The first-order valence-corrected chi connectivity index (χ1v) is 6.72. The van der Waals surface area contributed by atoms with E-state index in [-0.39, 0.29) is 17.8 Å². The van der Waals surface area contributed by atoms with E-state index in [1.165, 1.54) is 12.1 Å². The van der Waals surface area contributed by atoms with Gasteiger partial charge >= 0.3 is 11.7 Å². The van der Waals surface area contributed by atoms with Crippen LogP contribution in [0.5, 0.6) is 0 Å². The Morgan fingerprint density at radius 1 is 1.32 bits per heavy atom. The maximum Gasteiger partial charge on any atom is 0.345 e. The topological polar surface area (TPSA) is 105 Å². The van der Waals surface area contributed by atoms with Gasteiger partial charge in [-0.25, -0.2) is 14.3 Å². The van der Waals surface area contributed by atoms with Gasteiger partial charge in [0.25, 0.3) is 5.56 Å². The van der Waals surface area contributed by atoms with Crippen LogP contribution in [0.2, 0.25) is 0 Å². The highest BCUT2D eigenvalue weighted by atomic mass is 16.4. The van der Waals surface area contributed by atoms with E-state index in [4.69, 9.17) is 5.11 Å². The minimum atomic E-state index is -1.04. The molecular weight excluding hydrogens is 286 g/mol. The van der Waals surface area contributed by atoms with E-state index in [0.717, 1.165) is 4.68 Å². The van der Waals surface area contributed by atoms with Crippen LogP contribution in [0.1, 0.15) is 42.4 Å². The highest BCUT2D eigenvalue weighted by Gasteiger charge is 2.21. The second kappa shape index (κ2) is 5.59. The van der Waals surface area contributed by atoms with Crippen LogP contribution in [0.15, 0.2) is 33.9 Å². The molecule has 0 bridgehead atoms. The van der Waals surface area contributed by atoms with E-state index < -0.39 is 22.6 Å². The predicted molar refractivity (Wildman–Crippen MR) is 80.3 cm³/mol. The summed E-state index contributed by atoms with van der Waals surface area (Å²) in [6.07, 6.45) is 0. The SMILES string of the molecule is CC(C)(C)c1nn(Cc2cccc(C(=O)O)c2)c(=O)[nH]c1=O. The molecule has 0 aliphatic heterocycles. The third-order valence-electron chi connectivity index (χ3n) is 3.11. The lowest BCUT2D eigenvalue weighted by Gasteiger charge is -2.17. The highest BCUT2D eigenvalue weighted by molar-refractivity contribution is 5.87. The fourth-order valence-electron chi connectivity index (χ4n) is 2.01. The first kappa shape index (κ1) is 15.7. The van der Waals surface area contributed by atoms with Crippen LogP contribution >= 0.6 is 0 Å². The molecule has 0 radical (unpaired) electrons. The number of nitrogens with one attached hydrogen (secondary N) is 1. The van der Waals surface area contributed by atoms with Gasteiger partial charge in [-0.15, -0.1) is 0 Å². The van der Waals surface area contributed by atoms with Crippen molar-refractivity contribution in [2.45, 2.75) is 32.7 Å². The zero-order valence-corrected chi connectivity index (χ0v) is 12.6. The van der Waals surface area contributed by atoms with Gasteiger partial charge in [-0.3, -0.25) is 9.78 Å². The number of rotatable bonds is 3. The second-order valence-electron chi connectivity index (χ2n) is 6.02. The van der Waals surface area contributed by atoms with E-state index >= 15 is 0 Å². The van der Waals surface area contributed by atoms with Crippen molar-refractivity contribution in [3.8, 4) is 0 Å². The summed E-state index contributed by atoms with van der Waals surface area (Å²) in [4.78, 5) is 36.9. The molecule has 22 heavy (non-hydrogen) atoms. The maximum atomic E-state index is 11.9. The summed E-state index contributed by atoms with van der Waals surface area (Å²) in [6, 6.07) is 6.23. The number of carboxylic acid groups (broad SMARTS) is 1. The number of H-pyrrole nitrogens is 1. The molecule has 116 valence electrons. The lowest BCUT2D eigenvalue weighted by Crippen LogP contribution is -2.39. The zero-order chi connectivity index (χ0) is 16.5. The van der Waals surface area contributed by atoms with Gasteiger partial charge in [-0.2, -0.15) is 5.10 Å². The van der Waals surface area contributed by atoms with Gasteiger partial charge in [-0.05, 0) is 17.7 Å². The van der Waals surface area contributed by atoms with Crippen molar-refractivity contribution in [2.24, 2.45) is 0 Å². The molecule has 1 aromatic heterocycles. The molecule has 0 spiro atoms. The number of hydrogen-bond donors (Lipinski definition) is 2. The van der Waals surface area contributed by atoms with Gasteiger partial charge in [-0.1, -0.05) is 32.9 Å². The molecule has 1 aromatic carbocycles. The monoisotopic (exact) mass is 303 g/mol. The Bertz CT molecular complexity index is 828. The molecule has 2 N–H and O–H groups in total. The molecule has 1 heterocycles. The summed E-state index contributed by atoms with van der Waals surface area (Å²) in [7, 11) is 0. The number of aromatic nitrogens is 3. The Morgan fingerprint density at radius 2 is 2.00 bits per heavy atom. The Morgan fingerprint density at radius 3 is 2.59 bits per heavy atom. The normalized spacial score (nSPS) is 11.4. The fourth-order valence-corrected chi connectivity index (χ4v) is 2.01.